The molecule has 1 aliphatic rings. The maximum Gasteiger partial charge on any atom is 0.307 e. The number of nitrogens with one attached hydrogen (secondary N) is 1. The van der Waals surface area contributed by atoms with Crippen molar-refractivity contribution in [3.05, 3.63) is 51.6 Å². The summed E-state index contributed by atoms with van der Waals surface area (Å²) in [4.78, 5) is 18.9. The van der Waals surface area contributed by atoms with Gasteiger partial charge in [-0.1, -0.05) is 17.4 Å². The van der Waals surface area contributed by atoms with E-state index in [1.54, 1.807) is 4.57 Å². The number of rotatable bonds is 3. The highest BCUT2D eigenvalue weighted by Crippen LogP contribution is 2.25. The van der Waals surface area contributed by atoms with E-state index in [4.69, 9.17) is 0 Å². The zero-order valence-electron chi connectivity index (χ0n) is 14.3. The lowest BCUT2D eigenvalue weighted by Crippen LogP contribution is -2.46. The van der Waals surface area contributed by atoms with Crippen molar-refractivity contribution in [2.45, 2.75) is 12.6 Å². The van der Waals surface area contributed by atoms with Gasteiger partial charge in [-0.15, -0.1) is 12.4 Å². The first kappa shape index (κ1) is 18.1. The molecule has 0 spiro atoms. The van der Waals surface area contributed by atoms with Gasteiger partial charge in [0.1, 0.15) is 5.82 Å². The predicted molar refractivity (Wildman–Crippen MR) is 104 cm³/mol. The Hall–Kier alpha value is -1.67. The lowest BCUT2D eigenvalue weighted by molar-refractivity contribution is 0.145. The molecular weight excluding hydrogens is 358 g/mol. The van der Waals surface area contributed by atoms with E-state index < -0.39 is 0 Å². The SMILES string of the molecule is Cl.Cn1ccnc1C1CNCCN1Cc1ccc2c(c1)sc(=O)n2C. The maximum atomic E-state index is 11.8. The Morgan fingerprint density at radius 1 is 1.36 bits per heavy atom. The molecule has 3 heterocycles. The van der Waals surface area contributed by atoms with Gasteiger partial charge in [-0.25, -0.2) is 4.98 Å². The maximum absolute atomic E-state index is 11.8. The summed E-state index contributed by atoms with van der Waals surface area (Å²) in [6, 6.07) is 6.61. The van der Waals surface area contributed by atoms with Crippen LogP contribution < -0.4 is 10.2 Å². The number of aryl methyl sites for hydroxylation is 2. The summed E-state index contributed by atoms with van der Waals surface area (Å²) in [5.41, 5.74) is 2.25. The molecule has 6 nitrogen and oxygen atoms in total. The highest BCUT2D eigenvalue weighted by Gasteiger charge is 2.26. The Balaban J connectivity index is 0.00000182. The number of hydrogen-bond acceptors (Lipinski definition) is 5. The first-order valence-corrected chi connectivity index (χ1v) is 8.95. The van der Waals surface area contributed by atoms with Crippen LogP contribution in [0.5, 0.6) is 0 Å². The van der Waals surface area contributed by atoms with Crippen molar-refractivity contribution in [1.82, 2.24) is 24.3 Å². The number of halogens is 1. The smallest absolute Gasteiger partial charge is 0.307 e. The lowest BCUT2D eigenvalue weighted by Gasteiger charge is -2.35. The molecule has 1 aliphatic heterocycles. The Bertz CT molecular complexity index is 931. The molecular formula is C17H22ClN5OS. The third kappa shape index (κ3) is 3.37. The number of piperazine rings is 1. The van der Waals surface area contributed by atoms with Crippen LogP contribution in [0.25, 0.3) is 10.2 Å². The average molecular weight is 380 g/mol. The van der Waals surface area contributed by atoms with E-state index in [1.165, 1.54) is 16.9 Å². The minimum atomic E-state index is 0. The zero-order chi connectivity index (χ0) is 16.7. The molecule has 1 atom stereocenters. The molecule has 134 valence electrons. The van der Waals surface area contributed by atoms with Crippen molar-refractivity contribution < 1.29 is 0 Å². The fourth-order valence-electron chi connectivity index (χ4n) is 3.40. The third-order valence-corrected chi connectivity index (χ3v) is 5.75. The highest BCUT2D eigenvalue weighted by atomic mass is 35.5. The molecule has 0 bridgehead atoms. The van der Waals surface area contributed by atoms with Crippen LogP contribution in [0.1, 0.15) is 17.4 Å². The summed E-state index contributed by atoms with van der Waals surface area (Å²) < 4.78 is 4.87. The van der Waals surface area contributed by atoms with Crippen LogP contribution in [0.2, 0.25) is 0 Å². The van der Waals surface area contributed by atoms with Crippen molar-refractivity contribution in [3.8, 4) is 0 Å². The van der Waals surface area contributed by atoms with Crippen LogP contribution in [0.15, 0.2) is 35.4 Å². The molecule has 0 saturated carbocycles. The number of fused-ring (bicyclic) bond motifs is 1. The van der Waals surface area contributed by atoms with Gasteiger partial charge < -0.3 is 14.5 Å². The van der Waals surface area contributed by atoms with Crippen LogP contribution in [0.4, 0.5) is 0 Å². The molecule has 8 heteroatoms. The number of imidazole rings is 1. The van der Waals surface area contributed by atoms with Gasteiger partial charge in [0, 0.05) is 52.7 Å². The van der Waals surface area contributed by atoms with Crippen LogP contribution in [-0.4, -0.2) is 38.7 Å². The second-order valence-electron chi connectivity index (χ2n) is 6.32. The van der Waals surface area contributed by atoms with Crippen LogP contribution >= 0.6 is 23.7 Å². The Morgan fingerprint density at radius 3 is 2.96 bits per heavy atom. The van der Waals surface area contributed by atoms with Crippen molar-refractivity contribution in [1.29, 1.82) is 0 Å². The molecule has 2 aromatic heterocycles. The number of nitrogens with zero attached hydrogens (tertiary/aromatic N) is 4. The molecule has 0 aliphatic carbocycles. The van der Waals surface area contributed by atoms with Crippen LogP contribution in [0, 0.1) is 0 Å². The van der Waals surface area contributed by atoms with Gasteiger partial charge in [-0.05, 0) is 17.7 Å². The Morgan fingerprint density at radius 2 is 2.20 bits per heavy atom. The Kier molecular flexibility index (Phi) is 5.29. The molecule has 1 unspecified atom stereocenters. The van der Waals surface area contributed by atoms with Crippen molar-refractivity contribution in [2.75, 3.05) is 19.6 Å². The van der Waals surface area contributed by atoms with Crippen LogP contribution in [-0.2, 0) is 20.6 Å². The molecule has 1 fully saturated rings. The molecule has 3 aromatic rings. The molecule has 4 rings (SSSR count). The molecule has 1 saturated heterocycles. The van der Waals surface area contributed by atoms with Gasteiger partial charge in [-0.3, -0.25) is 9.69 Å². The van der Waals surface area contributed by atoms with Crippen molar-refractivity contribution in [2.24, 2.45) is 14.1 Å². The van der Waals surface area contributed by atoms with E-state index in [1.807, 2.05) is 26.5 Å². The molecule has 25 heavy (non-hydrogen) atoms. The standard InChI is InChI=1S/C17H21N5OS.ClH/c1-20-7-6-19-16(20)14-10-18-5-8-22(14)11-12-3-4-13-15(9-12)24-17(23)21(13)2;/h3-4,6-7,9,14,18H,5,8,10-11H2,1-2H3;1H. The van der Waals surface area contributed by atoms with Crippen molar-refractivity contribution in [3.63, 3.8) is 0 Å². The summed E-state index contributed by atoms with van der Waals surface area (Å²) in [5, 5.41) is 3.47. The van der Waals surface area contributed by atoms with Gasteiger partial charge in [0.05, 0.1) is 16.3 Å². The number of benzene rings is 1. The second-order valence-corrected chi connectivity index (χ2v) is 7.31. The third-order valence-electron chi connectivity index (χ3n) is 4.75. The van der Waals surface area contributed by atoms with E-state index in [9.17, 15) is 4.79 Å². The number of aromatic nitrogens is 3. The van der Waals surface area contributed by atoms with Gasteiger partial charge in [0.25, 0.3) is 0 Å². The van der Waals surface area contributed by atoms with Crippen molar-refractivity contribution >= 4 is 34.0 Å². The summed E-state index contributed by atoms with van der Waals surface area (Å²) in [5.74, 6) is 1.09. The highest BCUT2D eigenvalue weighted by molar-refractivity contribution is 7.16. The fraction of sp³-hybridized carbons (Fsp3) is 0.412. The number of hydrogen-bond donors (Lipinski definition) is 1. The van der Waals surface area contributed by atoms with Gasteiger partial charge in [0.15, 0.2) is 0 Å². The van der Waals surface area contributed by atoms with E-state index in [0.29, 0.717) is 0 Å². The molecule has 0 radical (unpaired) electrons. The first-order valence-electron chi connectivity index (χ1n) is 8.14. The monoisotopic (exact) mass is 379 g/mol. The van der Waals surface area contributed by atoms with E-state index in [-0.39, 0.29) is 23.3 Å². The van der Waals surface area contributed by atoms with Gasteiger partial charge in [-0.2, -0.15) is 0 Å². The van der Waals surface area contributed by atoms with E-state index >= 15 is 0 Å². The first-order chi connectivity index (χ1) is 11.6. The summed E-state index contributed by atoms with van der Waals surface area (Å²) in [7, 11) is 3.87. The largest absolute Gasteiger partial charge is 0.337 e. The summed E-state index contributed by atoms with van der Waals surface area (Å²) >= 11 is 1.32. The Labute approximate surface area is 156 Å². The minimum absolute atomic E-state index is 0. The number of thiazole rings is 1. The van der Waals surface area contributed by atoms with E-state index in [0.717, 1.165) is 42.2 Å². The summed E-state index contributed by atoms with van der Waals surface area (Å²) in [6.07, 6.45) is 3.85. The molecule has 1 aromatic carbocycles. The fourth-order valence-corrected chi connectivity index (χ4v) is 4.34. The topological polar surface area (TPSA) is 55.1 Å². The quantitative estimate of drug-likeness (QED) is 0.755. The lowest BCUT2D eigenvalue weighted by atomic mass is 10.1. The molecule has 0 amide bonds. The average Bonchev–Trinajstić information content (AvgIpc) is 3.12. The van der Waals surface area contributed by atoms with Gasteiger partial charge in [0.2, 0.25) is 0 Å². The van der Waals surface area contributed by atoms with Crippen LogP contribution in [0.3, 0.4) is 0 Å². The summed E-state index contributed by atoms with van der Waals surface area (Å²) in [6.45, 7) is 3.75. The minimum Gasteiger partial charge on any atom is -0.337 e. The van der Waals surface area contributed by atoms with Gasteiger partial charge >= 0.3 is 4.87 Å². The zero-order valence-corrected chi connectivity index (χ0v) is 15.9. The molecule has 1 N–H and O–H groups in total. The predicted octanol–water partition coefficient (Wildman–Crippen LogP) is 1.90. The second kappa shape index (κ2) is 7.29. The normalized spacial score (nSPS) is 18.4. The van der Waals surface area contributed by atoms with E-state index in [2.05, 4.69) is 38.0 Å².